The molecule has 29 heavy (non-hydrogen) atoms. The van der Waals surface area contributed by atoms with Crippen LogP contribution in [0.4, 0.5) is 10.1 Å². The van der Waals surface area contributed by atoms with E-state index in [1.165, 1.54) is 31.3 Å². The number of carbonyl (C=O) groups is 3. The van der Waals surface area contributed by atoms with Crippen LogP contribution in [0.3, 0.4) is 0 Å². The summed E-state index contributed by atoms with van der Waals surface area (Å²) in [7, 11) is 3.00. The number of nitrogens with zero attached hydrogens (tertiary/aromatic N) is 1. The van der Waals surface area contributed by atoms with Crippen molar-refractivity contribution in [3.63, 3.8) is 0 Å². The number of carbonyl (C=O) groups excluding carboxylic acids is 3. The Morgan fingerprint density at radius 3 is 2.48 bits per heavy atom. The number of ether oxygens (including phenoxy) is 3. The van der Waals surface area contributed by atoms with Crippen molar-refractivity contribution in [2.24, 2.45) is 5.92 Å². The third kappa shape index (κ3) is 4.53. The Morgan fingerprint density at radius 1 is 1.10 bits per heavy atom. The lowest BCUT2D eigenvalue weighted by Crippen LogP contribution is -2.27. The summed E-state index contributed by atoms with van der Waals surface area (Å²) in [6.45, 7) is -0.355. The maximum absolute atomic E-state index is 12.9. The van der Waals surface area contributed by atoms with Gasteiger partial charge in [0.25, 0.3) is 0 Å². The monoisotopic (exact) mass is 401 g/mol. The number of rotatable bonds is 7. The molecule has 1 aliphatic heterocycles. The molecule has 1 atom stereocenters. The van der Waals surface area contributed by atoms with Crippen molar-refractivity contribution in [2.45, 2.75) is 6.42 Å². The number of hydrogen-bond acceptors (Lipinski definition) is 6. The van der Waals surface area contributed by atoms with E-state index in [1.807, 2.05) is 0 Å². The Labute approximate surface area is 167 Å². The lowest BCUT2D eigenvalue weighted by atomic mass is 10.1. The molecule has 1 fully saturated rings. The minimum Gasteiger partial charge on any atom is -0.497 e. The van der Waals surface area contributed by atoms with Gasteiger partial charge in [-0.25, -0.2) is 4.39 Å². The van der Waals surface area contributed by atoms with Crippen LogP contribution >= 0.6 is 0 Å². The van der Waals surface area contributed by atoms with Crippen molar-refractivity contribution in [3.05, 3.63) is 53.8 Å². The number of esters is 1. The van der Waals surface area contributed by atoms with Crippen LogP contribution in [-0.2, 0) is 14.3 Å². The fourth-order valence-corrected chi connectivity index (χ4v) is 3.08. The van der Waals surface area contributed by atoms with Crippen LogP contribution in [0.1, 0.15) is 16.8 Å². The van der Waals surface area contributed by atoms with Crippen LogP contribution in [0.15, 0.2) is 42.5 Å². The van der Waals surface area contributed by atoms with Gasteiger partial charge in [-0.05, 0) is 36.4 Å². The molecular weight excluding hydrogens is 381 g/mol. The Kier molecular flexibility index (Phi) is 6.11. The molecule has 0 aliphatic carbocycles. The highest BCUT2D eigenvalue weighted by Gasteiger charge is 2.37. The van der Waals surface area contributed by atoms with Crippen molar-refractivity contribution >= 4 is 23.3 Å². The van der Waals surface area contributed by atoms with E-state index in [1.54, 1.807) is 18.2 Å². The van der Waals surface area contributed by atoms with Gasteiger partial charge in [-0.2, -0.15) is 0 Å². The summed E-state index contributed by atoms with van der Waals surface area (Å²) < 4.78 is 28.5. The third-order valence-electron chi connectivity index (χ3n) is 4.65. The van der Waals surface area contributed by atoms with Crippen molar-refractivity contribution in [2.75, 3.05) is 32.3 Å². The first kappa shape index (κ1) is 20.3. The van der Waals surface area contributed by atoms with Crippen LogP contribution in [-0.4, -0.2) is 45.0 Å². The minimum absolute atomic E-state index is 0.0290. The molecule has 0 aromatic heterocycles. The fraction of sp³-hybridized carbons (Fsp3) is 0.286. The van der Waals surface area contributed by atoms with Gasteiger partial charge < -0.3 is 19.1 Å². The average molecular weight is 401 g/mol. The molecular formula is C21H20FNO6. The lowest BCUT2D eigenvalue weighted by Gasteiger charge is -2.20. The molecule has 2 aromatic carbocycles. The molecule has 0 radical (unpaired) electrons. The summed E-state index contributed by atoms with van der Waals surface area (Å²) >= 11 is 0. The zero-order chi connectivity index (χ0) is 21.0. The van der Waals surface area contributed by atoms with Crippen LogP contribution < -0.4 is 14.4 Å². The van der Waals surface area contributed by atoms with E-state index >= 15 is 0 Å². The number of ketones is 1. The maximum Gasteiger partial charge on any atom is 0.311 e. The second kappa shape index (κ2) is 8.72. The second-order valence-electron chi connectivity index (χ2n) is 6.48. The average Bonchev–Trinajstić information content (AvgIpc) is 3.13. The second-order valence-corrected chi connectivity index (χ2v) is 6.48. The Morgan fingerprint density at radius 2 is 1.83 bits per heavy atom. The predicted molar refractivity (Wildman–Crippen MR) is 102 cm³/mol. The molecule has 0 unspecified atom stereocenters. The lowest BCUT2D eigenvalue weighted by molar-refractivity contribution is -0.147. The Balaban J connectivity index is 1.63. The number of Topliss-reactive ketones (excluding diaryl/α,β-unsaturated/α-hetero) is 1. The van der Waals surface area contributed by atoms with Crippen molar-refractivity contribution in [1.82, 2.24) is 0 Å². The summed E-state index contributed by atoms with van der Waals surface area (Å²) in [4.78, 5) is 38.3. The van der Waals surface area contributed by atoms with Crippen molar-refractivity contribution < 1.29 is 33.0 Å². The van der Waals surface area contributed by atoms with Gasteiger partial charge in [0.2, 0.25) is 5.91 Å². The minimum atomic E-state index is -0.699. The van der Waals surface area contributed by atoms with Crippen LogP contribution in [0.2, 0.25) is 0 Å². The first-order valence-corrected chi connectivity index (χ1v) is 8.90. The number of halogens is 1. The van der Waals surface area contributed by atoms with Gasteiger partial charge in [0.05, 0.1) is 25.8 Å². The number of methoxy groups -OCH3 is 2. The SMILES string of the molecule is COc1ccc(N2C[C@H](C(=O)OCC(=O)c3ccc(F)cc3)CC2=O)c(OC)c1. The summed E-state index contributed by atoms with van der Waals surface area (Å²) in [5, 5.41) is 0. The molecule has 3 rings (SSSR count). The molecule has 1 aliphatic rings. The van der Waals surface area contributed by atoms with Crippen molar-refractivity contribution in [1.29, 1.82) is 0 Å². The van der Waals surface area contributed by atoms with E-state index < -0.39 is 30.1 Å². The van der Waals surface area contributed by atoms with E-state index in [-0.39, 0.29) is 24.4 Å². The van der Waals surface area contributed by atoms with Gasteiger partial charge in [-0.15, -0.1) is 0 Å². The highest BCUT2D eigenvalue weighted by molar-refractivity contribution is 6.01. The van der Waals surface area contributed by atoms with Crippen LogP contribution in [0, 0.1) is 11.7 Å². The zero-order valence-electron chi connectivity index (χ0n) is 16.0. The molecule has 7 nitrogen and oxygen atoms in total. The number of benzene rings is 2. The maximum atomic E-state index is 12.9. The van der Waals surface area contributed by atoms with Gasteiger partial charge in [0.1, 0.15) is 17.3 Å². The fourth-order valence-electron chi connectivity index (χ4n) is 3.08. The van der Waals surface area contributed by atoms with E-state index in [9.17, 15) is 18.8 Å². The summed E-state index contributed by atoms with van der Waals surface area (Å²) in [6, 6.07) is 9.98. The van der Waals surface area contributed by atoms with Gasteiger partial charge >= 0.3 is 5.97 Å². The zero-order valence-corrected chi connectivity index (χ0v) is 16.0. The molecule has 2 aromatic rings. The van der Waals surface area contributed by atoms with Gasteiger partial charge in [0, 0.05) is 24.6 Å². The summed E-state index contributed by atoms with van der Waals surface area (Å²) in [6.07, 6.45) is -0.0290. The van der Waals surface area contributed by atoms with Crippen molar-refractivity contribution in [3.8, 4) is 11.5 Å². The predicted octanol–water partition coefficient (Wildman–Crippen LogP) is 2.62. The number of hydrogen-bond donors (Lipinski definition) is 0. The van der Waals surface area contributed by atoms with E-state index in [0.717, 1.165) is 12.1 Å². The summed E-state index contributed by atoms with van der Waals surface area (Å²) in [5.41, 5.74) is 0.766. The van der Waals surface area contributed by atoms with Gasteiger partial charge in [0.15, 0.2) is 12.4 Å². The molecule has 0 saturated carbocycles. The largest absolute Gasteiger partial charge is 0.497 e. The molecule has 1 saturated heterocycles. The molecule has 1 heterocycles. The highest BCUT2D eigenvalue weighted by atomic mass is 19.1. The van der Waals surface area contributed by atoms with Crippen LogP contribution in [0.25, 0.3) is 0 Å². The molecule has 1 amide bonds. The quantitative estimate of drug-likeness (QED) is 0.524. The number of anilines is 1. The van der Waals surface area contributed by atoms with Gasteiger partial charge in [-0.3, -0.25) is 14.4 Å². The molecule has 152 valence electrons. The first-order valence-electron chi connectivity index (χ1n) is 8.90. The number of amides is 1. The van der Waals surface area contributed by atoms with Crippen LogP contribution in [0.5, 0.6) is 11.5 Å². The Bertz CT molecular complexity index is 927. The van der Waals surface area contributed by atoms with Gasteiger partial charge in [-0.1, -0.05) is 0 Å². The highest BCUT2D eigenvalue weighted by Crippen LogP contribution is 2.36. The standard InChI is InChI=1S/C21H20FNO6/c1-27-16-7-8-17(19(10-16)28-2)23-11-14(9-20(23)25)21(26)29-12-18(24)13-3-5-15(22)6-4-13/h3-8,10,14H,9,11-12H2,1-2H3/t14-/m1/s1. The normalized spacial score (nSPS) is 15.9. The molecule has 0 spiro atoms. The summed E-state index contributed by atoms with van der Waals surface area (Å²) in [5.74, 6) is -1.47. The first-order chi connectivity index (χ1) is 13.9. The molecule has 0 N–H and O–H groups in total. The van der Waals surface area contributed by atoms with E-state index in [4.69, 9.17) is 14.2 Å². The topological polar surface area (TPSA) is 82.1 Å². The van der Waals surface area contributed by atoms with E-state index in [0.29, 0.717) is 17.2 Å². The smallest absolute Gasteiger partial charge is 0.311 e. The Hall–Kier alpha value is -3.42. The molecule has 8 heteroatoms. The van der Waals surface area contributed by atoms with E-state index in [2.05, 4.69) is 0 Å². The molecule has 0 bridgehead atoms. The third-order valence-corrected chi connectivity index (χ3v) is 4.65.